The number of nitrogens with zero attached hydrogens (tertiary/aromatic N) is 1. The number of carbonyl (C=O) groups is 2. The summed E-state index contributed by atoms with van der Waals surface area (Å²) >= 11 is 6.25. The average Bonchev–Trinajstić information content (AvgIpc) is 3.65. The number of halogens is 1. The highest BCUT2D eigenvalue weighted by Gasteiger charge is 2.66. The number of benzene rings is 2. The Bertz CT molecular complexity index is 1410. The van der Waals surface area contributed by atoms with Crippen LogP contribution < -0.4 is 5.32 Å². The quantitative estimate of drug-likeness (QED) is 0.346. The normalized spacial score (nSPS) is 20.6. The molecular weight excluding hydrogens is 492 g/mol. The van der Waals surface area contributed by atoms with Crippen molar-refractivity contribution in [3.8, 4) is 0 Å². The predicted octanol–water partition coefficient (Wildman–Crippen LogP) is 7.09. The molecule has 2 atom stereocenters. The van der Waals surface area contributed by atoms with E-state index in [2.05, 4.69) is 10.5 Å². The minimum absolute atomic E-state index is 0.312. The van der Waals surface area contributed by atoms with Gasteiger partial charge < -0.3 is 14.4 Å². The molecule has 1 fully saturated rings. The first-order chi connectivity index (χ1) is 17.8. The van der Waals surface area contributed by atoms with Crippen LogP contribution in [0.15, 0.2) is 77.3 Å². The number of hydrogen-bond donors (Lipinski definition) is 2. The van der Waals surface area contributed by atoms with Crippen LogP contribution in [0.1, 0.15) is 54.9 Å². The Labute approximate surface area is 219 Å². The zero-order chi connectivity index (χ0) is 26.2. The maximum atomic E-state index is 12.9. The number of hydrogen-bond acceptors (Lipinski definition) is 5. The number of aliphatic carboxylic acids is 1. The van der Waals surface area contributed by atoms with E-state index in [-0.39, 0.29) is 0 Å². The Hall–Kier alpha value is -3.84. The number of aromatic nitrogens is 1. The van der Waals surface area contributed by atoms with Crippen LogP contribution in [0, 0.1) is 12.3 Å². The number of amides is 1. The van der Waals surface area contributed by atoms with Gasteiger partial charge in [-0.05, 0) is 50.3 Å². The fraction of sp³-hybridized carbons (Fsp3) is 0.276. The van der Waals surface area contributed by atoms with Crippen LogP contribution in [0.3, 0.4) is 0 Å². The molecule has 190 valence electrons. The lowest BCUT2D eigenvalue weighted by Crippen LogP contribution is -2.41. The second-order valence-electron chi connectivity index (χ2n) is 9.59. The molecule has 1 heterocycles. The number of nitrogens with one attached hydrogen (secondary N) is 1. The number of rotatable bonds is 7. The number of carboxylic acid groups (broad SMARTS) is 1. The van der Waals surface area contributed by atoms with Crippen LogP contribution in [0.25, 0.3) is 5.57 Å². The monoisotopic (exact) mass is 518 g/mol. The molecule has 1 aromatic heterocycles. The van der Waals surface area contributed by atoms with Gasteiger partial charge in [-0.1, -0.05) is 83.5 Å². The highest BCUT2D eigenvalue weighted by molar-refractivity contribution is 6.31. The number of carbonyl (C=O) groups excluding carboxylic acids is 1. The lowest BCUT2D eigenvalue weighted by molar-refractivity contribution is -0.146. The smallest absolute Gasteiger partial charge is 0.412 e. The molecule has 1 amide bonds. The minimum atomic E-state index is -1.06. The Morgan fingerprint density at radius 2 is 1.84 bits per heavy atom. The Kier molecular flexibility index (Phi) is 6.42. The van der Waals surface area contributed by atoms with Gasteiger partial charge in [0.05, 0.1) is 10.8 Å². The number of allylic oxidation sites excluding steroid dienone is 4. The number of ether oxygens (including phenoxy) is 1. The largest absolute Gasteiger partial charge is 0.481 e. The van der Waals surface area contributed by atoms with Gasteiger partial charge in [0.2, 0.25) is 0 Å². The van der Waals surface area contributed by atoms with Gasteiger partial charge in [-0.2, -0.15) is 0 Å². The molecule has 2 aromatic carbocycles. The summed E-state index contributed by atoms with van der Waals surface area (Å²) in [5, 5.41) is 17.6. The fourth-order valence-electron chi connectivity index (χ4n) is 5.18. The topological polar surface area (TPSA) is 102 Å². The second-order valence-corrected chi connectivity index (χ2v) is 9.99. The van der Waals surface area contributed by atoms with Crippen molar-refractivity contribution in [3.63, 3.8) is 0 Å². The van der Waals surface area contributed by atoms with Gasteiger partial charge >= 0.3 is 12.1 Å². The van der Waals surface area contributed by atoms with Crippen molar-refractivity contribution in [1.82, 2.24) is 5.16 Å². The highest BCUT2D eigenvalue weighted by atomic mass is 35.5. The van der Waals surface area contributed by atoms with E-state index < -0.39 is 29.0 Å². The third kappa shape index (κ3) is 4.33. The molecule has 0 bridgehead atoms. The second kappa shape index (κ2) is 9.56. The third-order valence-electron chi connectivity index (χ3n) is 7.43. The van der Waals surface area contributed by atoms with Gasteiger partial charge in [0, 0.05) is 10.6 Å². The molecule has 5 rings (SSSR count). The highest BCUT2D eigenvalue weighted by Crippen LogP contribution is 2.64. The van der Waals surface area contributed by atoms with Gasteiger partial charge in [-0.25, -0.2) is 4.79 Å². The maximum absolute atomic E-state index is 12.9. The average molecular weight is 519 g/mol. The van der Waals surface area contributed by atoms with E-state index in [1.807, 2.05) is 54.6 Å². The van der Waals surface area contributed by atoms with Crippen LogP contribution >= 0.6 is 11.6 Å². The van der Waals surface area contributed by atoms with E-state index in [1.54, 1.807) is 32.0 Å². The molecule has 7 nitrogen and oxygen atoms in total. The SMILES string of the molecule is Cc1noc(C2(C3(C(=O)O)CC3)C=CC(c3ccccc3)=CC2)c1NC(=O)O[C@H](C)c1ccccc1Cl. The maximum Gasteiger partial charge on any atom is 0.412 e. The number of carboxylic acids is 1. The minimum Gasteiger partial charge on any atom is -0.481 e. The van der Waals surface area contributed by atoms with E-state index in [1.165, 1.54) is 0 Å². The van der Waals surface area contributed by atoms with E-state index >= 15 is 0 Å². The van der Waals surface area contributed by atoms with Crippen molar-refractivity contribution in [1.29, 1.82) is 0 Å². The molecule has 3 aromatic rings. The van der Waals surface area contributed by atoms with Gasteiger partial charge in [-0.3, -0.25) is 10.1 Å². The molecule has 0 radical (unpaired) electrons. The summed E-state index contributed by atoms with van der Waals surface area (Å²) in [6.45, 7) is 3.43. The van der Waals surface area contributed by atoms with Gasteiger partial charge in [-0.15, -0.1) is 0 Å². The number of aryl methyl sites for hydroxylation is 1. The molecule has 8 heteroatoms. The summed E-state index contributed by atoms with van der Waals surface area (Å²) in [4.78, 5) is 25.5. The zero-order valence-electron chi connectivity index (χ0n) is 20.5. The first kappa shape index (κ1) is 24.8. The Morgan fingerprint density at radius 1 is 1.14 bits per heavy atom. The molecular formula is C29H27ClN2O5. The Morgan fingerprint density at radius 3 is 2.46 bits per heavy atom. The predicted molar refractivity (Wildman–Crippen MR) is 140 cm³/mol. The van der Waals surface area contributed by atoms with Crippen molar-refractivity contribution in [2.75, 3.05) is 5.32 Å². The van der Waals surface area contributed by atoms with Crippen LogP contribution in [0.4, 0.5) is 10.5 Å². The van der Waals surface area contributed by atoms with Gasteiger partial charge in [0.15, 0.2) is 5.76 Å². The molecule has 0 spiro atoms. The first-order valence-corrected chi connectivity index (χ1v) is 12.5. The summed E-state index contributed by atoms with van der Waals surface area (Å²) in [7, 11) is 0. The first-order valence-electron chi connectivity index (χ1n) is 12.1. The van der Waals surface area contributed by atoms with Gasteiger partial charge in [0.25, 0.3) is 0 Å². The summed E-state index contributed by atoms with van der Waals surface area (Å²) < 4.78 is 11.4. The molecule has 2 N–H and O–H groups in total. The van der Waals surface area contributed by atoms with Crippen LogP contribution in [0.2, 0.25) is 5.02 Å². The third-order valence-corrected chi connectivity index (χ3v) is 7.78. The van der Waals surface area contributed by atoms with Crippen LogP contribution in [-0.4, -0.2) is 22.3 Å². The van der Waals surface area contributed by atoms with Crippen LogP contribution in [0.5, 0.6) is 0 Å². The van der Waals surface area contributed by atoms with Gasteiger partial charge in [0.1, 0.15) is 17.5 Å². The molecule has 37 heavy (non-hydrogen) atoms. The lowest BCUT2D eigenvalue weighted by atomic mass is 9.65. The van der Waals surface area contributed by atoms with Crippen molar-refractivity contribution in [3.05, 3.63) is 100 Å². The summed E-state index contributed by atoms with van der Waals surface area (Å²) in [5.74, 6) is -0.588. The van der Waals surface area contributed by atoms with Crippen molar-refractivity contribution in [2.24, 2.45) is 5.41 Å². The molecule has 2 aliphatic rings. The molecule has 2 aliphatic carbocycles. The molecule has 0 aliphatic heterocycles. The van der Waals surface area contributed by atoms with Crippen molar-refractivity contribution < 1.29 is 24.0 Å². The molecule has 1 saturated carbocycles. The van der Waals surface area contributed by atoms with Crippen LogP contribution in [-0.2, 0) is 14.9 Å². The van der Waals surface area contributed by atoms with E-state index in [4.69, 9.17) is 20.9 Å². The molecule has 0 saturated heterocycles. The summed E-state index contributed by atoms with van der Waals surface area (Å²) in [6, 6.07) is 17.0. The van der Waals surface area contributed by atoms with Crippen molar-refractivity contribution in [2.45, 2.75) is 44.6 Å². The Balaban J connectivity index is 1.46. The number of anilines is 1. The van der Waals surface area contributed by atoms with Crippen molar-refractivity contribution >= 4 is 34.9 Å². The van der Waals surface area contributed by atoms with E-state index in [0.29, 0.717) is 47.0 Å². The standard InChI is InChI=1S/C29H27ClN2O5/c1-18-24(31-27(35)36-19(2)22-10-6-7-11-23(22)30)25(37-32-18)28(29(16-17-29)26(33)34)14-12-21(13-15-28)20-8-4-3-5-9-20/h3-14,19H,15-17H2,1-2H3,(H,31,35)(H,33,34)/t19-,28?/m1/s1. The lowest BCUT2D eigenvalue weighted by Gasteiger charge is -2.36. The zero-order valence-corrected chi connectivity index (χ0v) is 21.3. The van der Waals surface area contributed by atoms with E-state index in [9.17, 15) is 14.7 Å². The summed E-state index contributed by atoms with van der Waals surface area (Å²) in [6.07, 6.45) is 5.91. The fourth-order valence-corrected chi connectivity index (χ4v) is 5.47. The van der Waals surface area contributed by atoms with E-state index in [0.717, 1.165) is 11.1 Å². The summed E-state index contributed by atoms with van der Waals surface area (Å²) in [5.41, 5.74) is 1.39. The molecule has 1 unspecified atom stereocenters.